The molecule has 0 bridgehead atoms. The zero-order valence-corrected chi connectivity index (χ0v) is 16.4. The van der Waals surface area contributed by atoms with Crippen LogP contribution in [0, 0.1) is 12.8 Å². The molecule has 1 aliphatic heterocycles. The highest BCUT2D eigenvalue weighted by molar-refractivity contribution is 5.83. The van der Waals surface area contributed by atoms with E-state index in [2.05, 4.69) is 0 Å². The maximum atomic E-state index is 12.7. The van der Waals surface area contributed by atoms with Gasteiger partial charge in [0.15, 0.2) is 0 Å². The van der Waals surface area contributed by atoms with Crippen LogP contribution in [0.3, 0.4) is 0 Å². The average molecular weight is 387 g/mol. The lowest BCUT2D eigenvalue weighted by atomic mass is 9.90. The van der Waals surface area contributed by atoms with Crippen molar-refractivity contribution >= 4 is 22.8 Å². The van der Waals surface area contributed by atoms with Crippen molar-refractivity contribution in [3.63, 3.8) is 0 Å². The largest absolute Gasteiger partial charge is 0.497 e. The van der Waals surface area contributed by atoms with Crippen molar-refractivity contribution in [2.24, 2.45) is 5.92 Å². The van der Waals surface area contributed by atoms with Crippen LogP contribution >= 0.6 is 0 Å². The molecular weight excluding hydrogens is 362 g/mol. The second-order valence-corrected chi connectivity index (χ2v) is 7.27. The van der Waals surface area contributed by atoms with Crippen molar-refractivity contribution in [3.05, 3.63) is 39.7 Å². The number of likely N-dealkylation sites (tertiary alicyclic amines) is 1. The smallest absolute Gasteiger partial charge is 0.339 e. The Labute approximate surface area is 162 Å². The van der Waals surface area contributed by atoms with Gasteiger partial charge in [-0.1, -0.05) is 0 Å². The molecule has 1 saturated heterocycles. The number of aryl methyl sites for hydroxylation is 1. The molecule has 0 spiro atoms. The highest BCUT2D eigenvalue weighted by Crippen LogP contribution is 2.26. The molecule has 1 aromatic heterocycles. The molecule has 1 amide bonds. The summed E-state index contributed by atoms with van der Waals surface area (Å²) >= 11 is 0. The van der Waals surface area contributed by atoms with Crippen LogP contribution in [0.15, 0.2) is 27.4 Å². The lowest BCUT2D eigenvalue weighted by Gasteiger charge is -2.37. The van der Waals surface area contributed by atoms with Crippen molar-refractivity contribution in [2.75, 3.05) is 13.7 Å². The monoisotopic (exact) mass is 387 g/mol. The van der Waals surface area contributed by atoms with Gasteiger partial charge in [-0.25, -0.2) is 4.79 Å². The summed E-state index contributed by atoms with van der Waals surface area (Å²) in [5, 5.41) is 10.1. The van der Waals surface area contributed by atoms with E-state index < -0.39 is 17.5 Å². The van der Waals surface area contributed by atoms with E-state index in [1.54, 1.807) is 31.1 Å². The number of nitrogens with zero attached hydrogens (tertiary/aromatic N) is 1. The van der Waals surface area contributed by atoms with Crippen LogP contribution in [-0.4, -0.2) is 41.6 Å². The Kier molecular flexibility index (Phi) is 5.72. The lowest BCUT2D eigenvalue weighted by Crippen LogP contribution is -2.49. The standard InChI is InChI=1S/C21H25NO6/c1-12-15-7-6-14(27-3)11-18(15)28-21(26)16(12)8-9-19(23)22-10-4-5-17(13(22)2)20(24)25/h6-7,11,13,17H,4-5,8-10H2,1-3H3,(H,24,25)/t13-,17-/m0/s1. The molecule has 7 heteroatoms. The molecule has 3 rings (SSSR count). The Morgan fingerprint density at radius 3 is 2.79 bits per heavy atom. The SMILES string of the molecule is COc1ccc2c(C)c(CCC(=O)N3CCC[C@H](C(=O)O)[C@@H]3C)c(=O)oc2c1. The van der Waals surface area contributed by atoms with E-state index in [1.165, 1.54) is 0 Å². The number of hydrogen-bond acceptors (Lipinski definition) is 5. The number of carboxylic acids is 1. The predicted molar refractivity (Wildman–Crippen MR) is 104 cm³/mol. The van der Waals surface area contributed by atoms with Gasteiger partial charge in [-0.2, -0.15) is 0 Å². The molecule has 0 radical (unpaired) electrons. The minimum atomic E-state index is -0.869. The molecule has 1 aromatic carbocycles. The summed E-state index contributed by atoms with van der Waals surface area (Å²) in [4.78, 5) is 38.1. The number of aliphatic carboxylic acids is 1. The number of hydrogen-bond donors (Lipinski definition) is 1. The zero-order chi connectivity index (χ0) is 20.4. The molecule has 2 aromatic rings. The van der Waals surface area contributed by atoms with Crippen molar-refractivity contribution in [1.29, 1.82) is 0 Å². The summed E-state index contributed by atoms with van der Waals surface area (Å²) in [6.45, 7) is 4.17. The van der Waals surface area contributed by atoms with Crippen LogP contribution in [0.1, 0.15) is 37.3 Å². The number of methoxy groups -OCH3 is 1. The van der Waals surface area contributed by atoms with Gasteiger partial charge in [-0.15, -0.1) is 0 Å². The van der Waals surface area contributed by atoms with E-state index >= 15 is 0 Å². The van der Waals surface area contributed by atoms with Gasteiger partial charge < -0.3 is 19.2 Å². The molecule has 1 N–H and O–H groups in total. The molecule has 2 atom stereocenters. The third-order valence-electron chi connectivity index (χ3n) is 5.71. The minimum absolute atomic E-state index is 0.132. The second kappa shape index (κ2) is 8.04. The molecule has 2 heterocycles. The normalized spacial score (nSPS) is 19.6. The third-order valence-corrected chi connectivity index (χ3v) is 5.71. The van der Waals surface area contributed by atoms with Gasteiger partial charge in [0.2, 0.25) is 5.91 Å². The van der Waals surface area contributed by atoms with E-state index in [0.717, 1.165) is 10.9 Å². The average Bonchev–Trinajstić information content (AvgIpc) is 2.67. The molecule has 150 valence electrons. The summed E-state index contributed by atoms with van der Waals surface area (Å²) in [5.41, 5.74) is 1.26. The predicted octanol–water partition coefficient (Wildman–Crippen LogP) is 2.75. The topological polar surface area (TPSA) is 97.0 Å². The van der Waals surface area contributed by atoms with Gasteiger partial charge in [0, 0.05) is 36.0 Å². The quantitative estimate of drug-likeness (QED) is 0.793. The van der Waals surface area contributed by atoms with Crippen LogP contribution < -0.4 is 10.4 Å². The summed E-state index contributed by atoms with van der Waals surface area (Å²) in [5.74, 6) is -0.941. The summed E-state index contributed by atoms with van der Waals surface area (Å²) in [6.07, 6.45) is 1.66. The minimum Gasteiger partial charge on any atom is -0.497 e. The molecule has 0 unspecified atom stereocenters. The Hall–Kier alpha value is -2.83. The summed E-state index contributed by atoms with van der Waals surface area (Å²) in [7, 11) is 1.54. The van der Waals surface area contributed by atoms with Gasteiger partial charge in [0.05, 0.1) is 13.0 Å². The summed E-state index contributed by atoms with van der Waals surface area (Å²) < 4.78 is 10.6. The van der Waals surface area contributed by atoms with E-state index in [1.807, 2.05) is 13.0 Å². The van der Waals surface area contributed by atoms with Gasteiger partial charge in [0.1, 0.15) is 11.3 Å². The fourth-order valence-corrected chi connectivity index (χ4v) is 3.99. The molecule has 1 aliphatic rings. The highest BCUT2D eigenvalue weighted by atomic mass is 16.5. The first kappa shape index (κ1) is 19.9. The Morgan fingerprint density at radius 1 is 1.36 bits per heavy atom. The number of carboxylic acid groups (broad SMARTS) is 1. The molecule has 0 saturated carbocycles. The van der Waals surface area contributed by atoms with Crippen molar-refractivity contribution in [3.8, 4) is 5.75 Å². The number of benzene rings is 1. The summed E-state index contributed by atoms with van der Waals surface area (Å²) in [6, 6.07) is 4.95. The van der Waals surface area contributed by atoms with E-state index in [4.69, 9.17) is 9.15 Å². The number of carbonyl (C=O) groups is 2. The molecule has 1 fully saturated rings. The highest BCUT2D eigenvalue weighted by Gasteiger charge is 2.35. The van der Waals surface area contributed by atoms with Gasteiger partial charge in [-0.3, -0.25) is 9.59 Å². The molecular formula is C21H25NO6. The number of piperidine rings is 1. The Bertz CT molecular complexity index is 963. The van der Waals surface area contributed by atoms with E-state index in [9.17, 15) is 19.5 Å². The van der Waals surface area contributed by atoms with Crippen LogP contribution in [0.2, 0.25) is 0 Å². The molecule has 7 nitrogen and oxygen atoms in total. The fourth-order valence-electron chi connectivity index (χ4n) is 3.99. The first-order valence-electron chi connectivity index (χ1n) is 9.46. The third kappa shape index (κ3) is 3.74. The van der Waals surface area contributed by atoms with Gasteiger partial charge >= 0.3 is 11.6 Å². The maximum absolute atomic E-state index is 12.7. The van der Waals surface area contributed by atoms with Crippen LogP contribution in [0.4, 0.5) is 0 Å². The van der Waals surface area contributed by atoms with E-state index in [0.29, 0.717) is 36.3 Å². The van der Waals surface area contributed by atoms with Crippen molar-refractivity contribution in [1.82, 2.24) is 4.90 Å². The van der Waals surface area contributed by atoms with Crippen LogP contribution in [0.5, 0.6) is 5.75 Å². The first-order valence-corrected chi connectivity index (χ1v) is 9.46. The Morgan fingerprint density at radius 2 is 2.11 bits per heavy atom. The number of carbonyl (C=O) groups excluding carboxylic acids is 1. The first-order chi connectivity index (χ1) is 13.3. The maximum Gasteiger partial charge on any atom is 0.339 e. The van der Waals surface area contributed by atoms with Crippen LogP contribution in [0.25, 0.3) is 11.0 Å². The van der Waals surface area contributed by atoms with Crippen LogP contribution in [-0.2, 0) is 16.0 Å². The fraction of sp³-hybridized carbons (Fsp3) is 0.476. The Balaban J connectivity index is 1.79. The van der Waals surface area contributed by atoms with E-state index in [-0.39, 0.29) is 24.8 Å². The molecule has 28 heavy (non-hydrogen) atoms. The van der Waals surface area contributed by atoms with Gasteiger partial charge in [-0.05, 0) is 50.8 Å². The number of rotatable bonds is 5. The second-order valence-electron chi connectivity index (χ2n) is 7.27. The van der Waals surface area contributed by atoms with Gasteiger partial charge in [0.25, 0.3) is 0 Å². The van der Waals surface area contributed by atoms with Crippen molar-refractivity contribution in [2.45, 2.75) is 45.6 Å². The number of ether oxygens (including phenoxy) is 1. The number of amides is 1. The zero-order valence-electron chi connectivity index (χ0n) is 16.4. The van der Waals surface area contributed by atoms with Crippen molar-refractivity contribution < 1.29 is 23.8 Å². The number of fused-ring (bicyclic) bond motifs is 1. The molecule has 0 aliphatic carbocycles. The lowest BCUT2D eigenvalue weighted by molar-refractivity contribution is -0.149.